The van der Waals surface area contributed by atoms with Gasteiger partial charge < -0.3 is 10.2 Å². The van der Waals surface area contributed by atoms with Crippen molar-refractivity contribution in [3.05, 3.63) is 29.6 Å². The van der Waals surface area contributed by atoms with Crippen LogP contribution in [0.4, 0.5) is 4.39 Å². The summed E-state index contributed by atoms with van der Waals surface area (Å²) in [7, 11) is -3.72. The number of amides is 1. The molecule has 6 nitrogen and oxygen atoms in total. The molecule has 3 saturated heterocycles. The molecule has 0 unspecified atom stereocenters. The first kappa shape index (κ1) is 19.5. The fraction of sp³-hybridized carbons (Fsp3) is 0.588. The summed E-state index contributed by atoms with van der Waals surface area (Å²) in [5.41, 5.74) is -0.0525. The van der Waals surface area contributed by atoms with Gasteiger partial charge in [-0.15, -0.1) is 12.4 Å². The second kappa shape index (κ2) is 7.42. The molecule has 1 aromatic carbocycles. The van der Waals surface area contributed by atoms with Crippen molar-refractivity contribution >= 4 is 28.3 Å². The molecule has 0 aliphatic carbocycles. The van der Waals surface area contributed by atoms with Crippen molar-refractivity contribution in [3.8, 4) is 0 Å². The van der Waals surface area contributed by atoms with Crippen LogP contribution in [0.15, 0.2) is 23.1 Å². The Balaban J connectivity index is 0.00000196. The van der Waals surface area contributed by atoms with E-state index in [-0.39, 0.29) is 28.8 Å². The van der Waals surface area contributed by atoms with Gasteiger partial charge in [0.15, 0.2) is 0 Å². The number of sulfonamides is 1. The second-order valence-corrected chi connectivity index (χ2v) is 9.08. The third-order valence-corrected chi connectivity index (χ3v) is 7.39. The summed E-state index contributed by atoms with van der Waals surface area (Å²) in [5.74, 6) is -0.467. The van der Waals surface area contributed by atoms with E-state index in [9.17, 15) is 17.6 Å². The standard InChI is InChI=1S/C17H22FN3O3S.ClH/c18-16-7-14(3-4-15(16)17(22)20-5-1-2-6-20)25(23,24)21-10-12-8-19-9-13(12)11-21;/h3-4,7,12-13,19H,1-2,5-6,8-11H2;1H/t12-,13+;. The van der Waals surface area contributed by atoms with Gasteiger partial charge in [0.25, 0.3) is 5.91 Å². The Hall–Kier alpha value is -1.22. The van der Waals surface area contributed by atoms with Crippen molar-refractivity contribution in [3.63, 3.8) is 0 Å². The lowest BCUT2D eigenvalue weighted by Gasteiger charge is -2.19. The Kier molecular flexibility index (Phi) is 5.58. The average molecular weight is 404 g/mol. The van der Waals surface area contributed by atoms with E-state index in [1.807, 2.05) is 0 Å². The third-order valence-electron chi connectivity index (χ3n) is 5.56. The summed E-state index contributed by atoms with van der Waals surface area (Å²) in [4.78, 5) is 13.9. The number of fused-ring (bicyclic) bond motifs is 1. The molecular weight excluding hydrogens is 381 g/mol. The second-order valence-electron chi connectivity index (χ2n) is 7.14. The summed E-state index contributed by atoms with van der Waals surface area (Å²) in [6, 6.07) is 3.65. The molecular formula is C17H23ClFN3O3S. The zero-order valence-electron chi connectivity index (χ0n) is 14.4. The first-order valence-electron chi connectivity index (χ1n) is 8.76. The molecule has 4 rings (SSSR count). The Morgan fingerprint density at radius 3 is 2.31 bits per heavy atom. The number of carbonyl (C=O) groups is 1. The summed E-state index contributed by atoms with van der Waals surface area (Å²) in [6.07, 6.45) is 1.85. The fourth-order valence-electron chi connectivity index (χ4n) is 4.08. The molecule has 0 radical (unpaired) electrons. The molecule has 0 saturated carbocycles. The van der Waals surface area contributed by atoms with Crippen LogP contribution < -0.4 is 5.32 Å². The molecule has 3 fully saturated rings. The van der Waals surface area contributed by atoms with Gasteiger partial charge in [0.05, 0.1) is 10.5 Å². The topological polar surface area (TPSA) is 69.7 Å². The van der Waals surface area contributed by atoms with E-state index < -0.39 is 15.8 Å². The van der Waals surface area contributed by atoms with Gasteiger partial charge in [-0.3, -0.25) is 4.79 Å². The van der Waals surface area contributed by atoms with E-state index in [0.717, 1.165) is 32.0 Å². The molecule has 1 N–H and O–H groups in total. The number of likely N-dealkylation sites (tertiary alicyclic amines) is 1. The first-order chi connectivity index (χ1) is 12.0. The highest BCUT2D eigenvalue weighted by Crippen LogP contribution is 2.31. The van der Waals surface area contributed by atoms with Gasteiger partial charge in [0, 0.05) is 26.2 Å². The fourth-order valence-corrected chi connectivity index (χ4v) is 5.64. The van der Waals surface area contributed by atoms with Crippen LogP contribution in [0, 0.1) is 17.7 Å². The number of nitrogens with zero attached hydrogens (tertiary/aromatic N) is 2. The number of hydrogen-bond donors (Lipinski definition) is 1. The lowest BCUT2D eigenvalue weighted by molar-refractivity contribution is 0.0788. The number of benzene rings is 1. The highest BCUT2D eigenvalue weighted by Gasteiger charge is 2.41. The first-order valence-corrected chi connectivity index (χ1v) is 10.2. The van der Waals surface area contributed by atoms with Crippen molar-refractivity contribution in [1.29, 1.82) is 0 Å². The predicted octanol–water partition coefficient (Wildman–Crippen LogP) is 1.32. The summed E-state index contributed by atoms with van der Waals surface area (Å²) in [6.45, 7) is 3.85. The Morgan fingerprint density at radius 1 is 1.12 bits per heavy atom. The lowest BCUT2D eigenvalue weighted by Crippen LogP contribution is -2.32. The van der Waals surface area contributed by atoms with Crippen LogP contribution in [-0.4, -0.2) is 62.8 Å². The van der Waals surface area contributed by atoms with Crippen molar-refractivity contribution in [2.24, 2.45) is 11.8 Å². The van der Waals surface area contributed by atoms with E-state index in [1.165, 1.54) is 16.4 Å². The highest BCUT2D eigenvalue weighted by atomic mass is 35.5. The van der Waals surface area contributed by atoms with Crippen LogP contribution in [0.3, 0.4) is 0 Å². The molecule has 3 aliphatic heterocycles. The summed E-state index contributed by atoms with van der Waals surface area (Å²) >= 11 is 0. The maximum atomic E-state index is 14.5. The normalized spacial score (nSPS) is 26.0. The number of hydrogen-bond acceptors (Lipinski definition) is 4. The third kappa shape index (κ3) is 3.35. The van der Waals surface area contributed by atoms with Gasteiger partial charge in [0.1, 0.15) is 5.82 Å². The van der Waals surface area contributed by atoms with Crippen LogP contribution in [0.5, 0.6) is 0 Å². The van der Waals surface area contributed by atoms with Crippen molar-refractivity contribution in [2.75, 3.05) is 39.3 Å². The lowest BCUT2D eigenvalue weighted by atomic mass is 10.0. The van der Waals surface area contributed by atoms with Crippen molar-refractivity contribution < 1.29 is 17.6 Å². The zero-order valence-corrected chi connectivity index (χ0v) is 16.0. The molecule has 0 aromatic heterocycles. The van der Waals surface area contributed by atoms with Gasteiger partial charge in [-0.25, -0.2) is 12.8 Å². The quantitative estimate of drug-likeness (QED) is 0.826. The van der Waals surface area contributed by atoms with Crippen molar-refractivity contribution in [1.82, 2.24) is 14.5 Å². The summed E-state index contributed by atoms with van der Waals surface area (Å²) in [5, 5.41) is 3.27. The SMILES string of the molecule is Cl.O=C(c1ccc(S(=O)(=O)N2C[C@H]3CNC[C@H]3C2)cc1F)N1CCCC1. The zero-order chi connectivity index (χ0) is 17.6. The number of nitrogens with one attached hydrogen (secondary N) is 1. The average Bonchev–Trinajstić information content (AvgIpc) is 3.30. The van der Waals surface area contributed by atoms with E-state index in [2.05, 4.69) is 5.32 Å². The maximum Gasteiger partial charge on any atom is 0.256 e. The maximum absolute atomic E-state index is 14.5. The molecule has 144 valence electrons. The molecule has 3 aliphatic rings. The Bertz CT molecular complexity index is 786. The molecule has 26 heavy (non-hydrogen) atoms. The van der Waals surface area contributed by atoms with Gasteiger partial charge in [-0.1, -0.05) is 0 Å². The van der Waals surface area contributed by atoms with Crippen molar-refractivity contribution in [2.45, 2.75) is 17.7 Å². The van der Waals surface area contributed by atoms with Crippen LogP contribution >= 0.6 is 12.4 Å². The predicted molar refractivity (Wildman–Crippen MR) is 97.4 cm³/mol. The molecule has 1 aromatic rings. The van der Waals surface area contributed by atoms with E-state index >= 15 is 0 Å². The largest absolute Gasteiger partial charge is 0.339 e. The Morgan fingerprint density at radius 2 is 1.73 bits per heavy atom. The summed E-state index contributed by atoms with van der Waals surface area (Å²) < 4.78 is 41.5. The van der Waals surface area contributed by atoms with E-state index in [1.54, 1.807) is 4.90 Å². The van der Waals surface area contributed by atoms with Crippen LogP contribution in [0.1, 0.15) is 23.2 Å². The smallest absolute Gasteiger partial charge is 0.256 e. The van der Waals surface area contributed by atoms with Gasteiger partial charge in [-0.2, -0.15) is 4.31 Å². The van der Waals surface area contributed by atoms with E-state index in [0.29, 0.717) is 38.0 Å². The minimum absolute atomic E-state index is 0. The minimum Gasteiger partial charge on any atom is -0.339 e. The Labute approximate surface area is 159 Å². The molecule has 1 amide bonds. The van der Waals surface area contributed by atoms with Crippen LogP contribution in [-0.2, 0) is 10.0 Å². The van der Waals surface area contributed by atoms with E-state index in [4.69, 9.17) is 0 Å². The number of carbonyl (C=O) groups excluding carboxylic acids is 1. The molecule has 3 heterocycles. The molecule has 2 atom stereocenters. The number of halogens is 2. The molecule has 0 spiro atoms. The van der Waals surface area contributed by atoms with Gasteiger partial charge in [0.2, 0.25) is 10.0 Å². The van der Waals surface area contributed by atoms with Crippen LogP contribution in [0.25, 0.3) is 0 Å². The molecule has 9 heteroatoms. The minimum atomic E-state index is -3.72. The number of rotatable bonds is 3. The highest BCUT2D eigenvalue weighted by molar-refractivity contribution is 7.89. The molecule has 0 bridgehead atoms. The van der Waals surface area contributed by atoms with Gasteiger partial charge in [-0.05, 0) is 56.0 Å². The van der Waals surface area contributed by atoms with Crippen LogP contribution in [0.2, 0.25) is 0 Å². The van der Waals surface area contributed by atoms with Gasteiger partial charge >= 0.3 is 0 Å². The monoisotopic (exact) mass is 403 g/mol.